The smallest absolute Gasteiger partial charge is 0.243 e. The molecule has 3 rings (SSSR count). The SMILES string of the molecule is CCN(CC)C1CCN(C(=O)CC2CCN(S(=O)(=O)c3cccc(F)c3)CC2)CC1. The Kier molecular flexibility index (Phi) is 7.87. The van der Waals surface area contributed by atoms with Gasteiger partial charge in [-0.2, -0.15) is 4.31 Å². The fourth-order valence-corrected chi connectivity index (χ4v) is 6.23. The number of piperidine rings is 2. The number of rotatable bonds is 7. The van der Waals surface area contributed by atoms with E-state index in [2.05, 4.69) is 18.7 Å². The van der Waals surface area contributed by atoms with Crippen LogP contribution in [0, 0.1) is 11.7 Å². The van der Waals surface area contributed by atoms with Crippen molar-refractivity contribution < 1.29 is 17.6 Å². The lowest BCUT2D eigenvalue weighted by Crippen LogP contribution is -2.47. The third-order valence-electron chi connectivity index (χ3n) is 6.62. The summed E-state index contributed by atoms with van der Waals surface area (Å²) in [5, 5.41) is 0. The van der Waals surface area contributed by atoms with Crippen LogP contribution in [0.2, 0.25) is 0 Å². The minimum Gasteiger partial charge on any atom is -0.343 e. The molecular formula is C22H34FN3O3S. The van der Waals surface area contributed by atoms with Crippen LogP contribution in [0.5, 0.6) is 0 Å². The number of carbonyl (C=O) groups excluding carboxylic acids is 1. The quantitative estimate of drug-likeness (QED) is 0.655. The minimum atomic E-state index is -3.68. The van der Waals surface area contributed by atoms with Crippen molar-refractivity contribution in [2.45, 2.75) is 56.9 Å². The average Bonchev–Trinajstić information content (AvgIpc) is 2.75. The van der Waals surface area contributed by atoms with Crippen LogP contribution in [0.15, 0.2) is 29.2 Å². The number of amides is 1. The molecule has 2 fully saturated rings. The first-order valence-corrected chi connectivity index (χ1v) is 12.6. The number of benzene rings is 1. The van der Waals surface area contributed by atoms with Gasteiger partial charge in [0.15, 0.2) is 0 Å². The number of carbonyl (C=O) groups is 1. The molecule has 2 saturated heterocycles. The fraction of sp³-hybridized carbons (Fsp3) is 0.682. The molecule has 6 nitrogen and oxygen atoms in total. The van der Waals surface area contributed by atoms with E-state index in [0.29, 0.717) is 38.4 Å². The molecule has 0 spiro atoms. The highest BCUT2D eigenvalue weighted by Gasteiger charge is 2.32. The Hall–Kier alpha value is -1.51. The standard InChI is InChI=1S/C22H34FN3O3S/c1-3-24(4-2)20-10-12-25(13-11-20)22(27)16-18-8-14-26(15-9-18)30(28,29)21-7-5-6-19(23)17-21/h5-7,17-18,20H,3-4,8-16H2,1-2H3. The molecule has 0 radical (unpaired) electrons. The van der Waals surface area contributed by atoms with E-state index < -0.39 is 15.8 Å². The number of halogens is 1. The molecule has 0 N–H and O–H groups in total. The maximum Gasteiger partial charge on any atom is 0.243 e. The van der Waals surface area contributed by atoms with Crippen LogP contribution in [0.25, 0.3) is 0 Å². The molecule has 8 heteroatoms. The first kappa shape index (κ1) is 23.2. The van der Waals surface area contributed by atoms with Gasteiger partial charge in [-0.1, -0.05) is 19.9 Å². The number of hydrogen-bond donors (Lipinski definition) is 0. The molecule has 1 aromatic rings. The Morgan fingerprint density at radius 1 is 1.07 bits per heavy atom. The number of sulfonamides is 1. The Morgan fingerprint density at radius 3 is 2.27 bits per heavy atom. The highest BCUT2D eigenvalue weighted by molar-refractivity contribution is 7.89. The number of hydrogen-bond acceptors (Lipinski definition) is 4. The first-order chi connectivity index (χ1) is 14.3. The van der Waals surface area contributed by atoms with Crippen molar-refractivity contribution in [2.75, 3.05) is 39.3 Å². The largest absolute Gasteiger partial charge is 0.343 e. The maximum absolute atomic E-state index is 13.4. The first-order valence-electron chi connectivity index (χ1n) is 11.1. The van der Waals surface area contributed by atoms with Gasteiger partial charge >= 0.3 is 0 Å². The fourth-order valence-electron chi connectivity index (χ4n) is 4.73. The Labute approximate surface area is 180 Å². The Morgan fingerprint density at radius 2 is 1.70 bits per heavy atom. The van der Waals surface area contributed by atoms with Crippen molar-refractivity contribution >= 4 is 15.9 Å². The second-order valence-electron chi connectivity index (χ2n) is 8.34. The van der Waals surface area contributed by atoms with Crippen LogP contribution in [0.4, 0.5) is 4.39 Å². The van der Waals surface area contributed by atoms with Crippen molar-refractivity contribution in [1.29, 1.82) is 0 Å². The average molecular weight is 440 g/mol. The molecule has 0 bridgehead atoms. The van der Waals surface area contributed by atoms with Gasteiger partial charge in [0.1, 0.15) is 5.82 Å². The topological polar surface area (TPSA) is 60.9 Å². The zero-order chi connectivity index (χ0) is 21.7. The predicted molar refractivity (Wildman–Crippen MR) is 115 cm³/mol. The third-order valence-corrected chi connectivity index (χ3v) is 8.51. The van der Waals surface area contributed by atoms with E-state index in [-0.39, 0.29) is 16.7 Å². The number of likely N-dealkylation sites (tertiary alicyclic amines) is 1. The monoisotopic (exact) mass is 439 g/mol. The molecule has 1 aromatic carbocycles. The van der Waals surface area contributed by atoms with Crippen LogP contribution in [0.3, 0.4) is 0 Å². The minimum absolute atomic E-state index is 0.00639. The zero-order valence-corrected chi connectivity index (χ0v) is 18.9. The lowest BCUT2D eigenvalue weighted by atomic mass is 9.93. The third kappa shape index (κ3) is 5.39. The number of nitrogens with zero attached hydrogens (tertiary/aromatic N) is 3. The van der Waals surface area contributed by atoms with E-state index >= 15 is 0 Å². The Bertz CT molecular complexity index is 813. The van der Waals surface area contributed by atoms with Crippen molar-refractivity contribution in [3.05, 3.63) is 30.1 Å². The van der Waals surface area contributed by atoms with Gasteiger partial charge in [-0.05, 0) is 62.9 Å². The van der Waals surface area contributed by atoms with E-state index in [1.165, 1.54) is 22.5 Å². The van der Waals surface area contributed by atoms with Crippen LogP contribution < -0.4 is 0 Å². The summed E-state index contributed by atoms with van der Waals surface area (Å²) in [7, 11) is -3.68. The lowest BCUT2D eigenvalue weighted by molar-refractivity contribution is -0.134. The molecule has 0 unspecified atom stereocenters. The van der Waals surface area contributed by atoms with Gasteiger partial charge in [-0.25, -0.2) is 12.8 Å². The summed E-state index contributed by atoms with van der Waals surface area (Å²) in [6.07, 6.45) is 3.87. The predicted octanol–water partition coefficient (Wildman–Crippen LogP) is 2.95. The van der Waals surface area contributed by atoms with Gasteiger partial charge in [0.25, 0.3) is 0 Å². The summed E-state index contributed by atoms with van der Waals surface area (Å²) >= 11 is 0. The van der Waals surface area contributed by atoms with E-state index in [4.69, 9.17) is 0 Å². The second-order valence-corrected chi connectivity index (χ2v) is 10.3. The highest BCUT2D eigenvalue weighted by atomic mass is 32.2. The van der Waals surface area contributed by atoms with Gasteiger partial charge in [-0.15, -0.1) is 0 Å². The summed E-state index contributed by atoms with van der Waals surface area (Å²) in [5.41, 5.74) is 0. The van der Waals surface area contributed by atoms with Crippen molar-refractivity contribution in [3.63, 3.8) is 0 Å². The van der Waals surface area contributed by atoms with E-state index in [9.17, 15) is 17.6 Å². The van der Waals surface area contributed by atoms with Gasteiger partial charge in [-0.3, -0.25) is 4.79 Å². The van der Waals surface area contributed by atoms with Gasteiger partial charge in [0, 0.05) is 38.6 Å². The molecule has 0 aliphatic carbocycles. The molecule has 2 aliphatic rings. The zero-order valence-electron chi connectivity index (χ0n) is 18.1. The van der Waals surface area contributed by atoms with Crippen LogP contribution in [0.1, 0.15) is 46.0 Å². The van der Waals surface area contributed by atoms with Crippen molar-refractivity contribution in [2.24, 2.45) is 5.92 Å². The molecule has 168 valence electrons. The van der Waals surface area contributed by atoms with Crippen LogP contribution in [-0.2, 0) is 14.8 Å². The van der Waals surface area contributed by atoms with Crippen LogP contribution in [-0.4, -0.2) is 73.7 Å². The maximum atomic E-state index is 13.4. The van der Waals surface area contributed by atoms with E-state index in [1.807, 2.05) is 4.90 Å². The van der Waals surface area contributed by atoms with E-state index in [1.54, 1.807) is 0 Å². The van der Waals surface area contributed by atoms with Crippen LogP contribution >= 0.6 is 0 Å². The summed E-state index contributed by atoms with van der Waals surface area (Å²) in [4.78, 5) is 17.2. The van der Waals surface area contributed by atoms with Gasteiger partial charge in [0.2, 0.25) is 15.9 Å². The molecule has 0 saturated carbocycles. The highest BCUT2D eigenvalue weighted by Crippen LogP contribution is 2.27. The molecule has 2 aliphatic heterocycles. The summed E-state index contributed by atoms with van der Waals surface area (Å²) in [5.74, 6) is -0.155. The summed E-state index contributed by atoms with van der Waals surface area (Å²) in [6.45, 7) is 8.84. The Balaban J connectivity index is 1.47. The van der Waals surface area contributed by atoms with Gasteiger partial charge < -0.3 is 9.80 Å². The van der Waals surface area contributed by atoms with Gasteiger partial charge in [0.05, 0.1) is 4.90 Å². The lowest BCUT2D eigenvalue weighted by Gasteiger charge is -2.38. The van der Waals surface area contributed by atoms with E-state index in [0.717, 1.165) is 45.1 Å². The van der Waals surface area contributed by atoms with Crippen molar-refractivity contribution in [1.82, 2.24) is 14.1 Å². The molecule has 2 heterocycles. The molecule has 30 heavy (non-hydrogen) atoms. The molecule has 0 atom stereocenters. The molecular weight excluding hydrogens is 405 g/mol. The summed E-state index contributed by atoms with van der Waals surface area (Å²) < 4.78 is 40.3. The molecule has 1 amide bonds. The normalized spacial score (nSPS) is 20.1. The van der Waals surface area contributed by atoms with Crippen molar-refractivity contribution in [3.8, 4) is 0 Å². The second kappa shape index (κ2) is 10.2. The summed E-state index contributed by atoms with van der Waals surface area (Å²) in [6, 6.07) is 5.71. The molecule has 0 aromatic heterocycles.